The van der Waals surface area contributed by atoms with Crippen molar-refractivity contribution < 1.29 is 0 Å². The van der Waals surface area contributed by atoms with Gasteiger partial charge in [0.1, 0.15) is 0 Å². The van der Waals surface area contributed by atoms with Crippen LogP contribution >= 0.6 is 0 Å². The number of hydrogen-bond donors (Lipinski definition) is 0. The molecule has 0 fully saturated rings. The van der Waals surface area contributed by atoms with E-state index < -0.39 is 0 Å². The quantitative estimate of drug-likeness (QED) is 0.141. The van der Waals surface area contributed by atoms with E-state index in [1.807, 2.05) is 0 Å². The van der Waals surface area contributed by atoms with Crippen molar-refractivity contribution >= 4 is 49.6 Å². The van der Waals surface area contributed by atoms with E-state index in [-0.39, 0.29) is 0 Å². The predicted molar refractivity (Wildman–Crippen MR) is 280 cm³/mol. The molecule has 310 valence electrons. The Hall–Kier alpha value is -8.72. The van der Waals surface area contributed by atoms with Crippen LogP contribution in [0.5, 0.6) is 0 Å². The van der Waals surface area contributed by atoms with Gasteiger partial charge in [0.25, 0.3) is 0 Å². The third kappa shape index (κ3) is 7.12. The normalized spacial score (nSPS) is 11.3. The summed E-state index contributed by atoms with van der Waals surface area (Å²) >= 11 is 0. The van der Waals surface area contributed by atoms with E-state index in [4.69, 9.17) is 0 Å². The fourth-order valence-electron chi connectivity index (χ4n) is 9.79. The summed E-state index contributed by atoms with van der Waals surface area (Å²) in [5.74, 6) is 0. The smallest absolute Gasteiger partial charge is 0.0541 e. The van der Waals surface area contributed by atoms with Crippen LogP contribution in [0.2, 0.25) is 0 Å². The molecular formula is C64H44N2. The van der Waals surface area contributed by atoms with Crippen LogP contribution in [0.3, 0.4) is 0 Å². The number of rotatable bonds is 9. The molecule has 0 N–H and O–H groups in total. The van der Waals surface area contributed by atoms with E-state index in [0.717, 1.165) is 22.7 Å². The Morgan fingerprint density at radius 2 is 0.652 bits per heavy atom. The van der Waals surface area contributed by atoms with Crippen LogP contribution < -0.4 is 4.90 Å². The van der Waals surface area contributed by atoms with Crippen molar-refractivity contribution in [2.45, 2.75) is 0 Å². The van der Waals surface area contributed by atoms with Gasteiger partial charge in [-0.15, -0.1) is 0 Å². The van der Waals surface area contributed by atoms with E-state index in [1.165, 1.54) is 88.2 Å². The molecule has 1 aromatic heterocycles. The van der Waals surface area contributed by atoms with Crippen molar-refractivity contribution in [3.63, 3.8) is 0 Å². The third-order valence-corrected chi connectivity index (χ3v) is 13.0. The summed E-state index contributed by atoms with van der Waals surface area (Å²) in [5, 5.41) is 5.02. The molecule has 11 aromatic carbocycles. The molecule has 0 bridgehead atoms. The number of hydrogen-bond acceptors (Lipinski definition) is 1. The Labute approximate surface area is 385 Å². The second-order valence-electron chi connectivity index (χ2n) is 16.9. The molecule has 2 nitrogen and oxygen atoms in total. The molecule has 0 atom stereocenters. The van der Waals surface area contributed by atoms with Gasteiger partial charge in [-0.1, -0.05) is 206 Å². The third-order valence-electron chi connectivity index (χ3n) is 13.0. The number of para-hydroxylation sites is 2. The molecule has 1 heterocycles. The Morgan fingerprint density at radius 1 is 0.258 bits per heavy atom. The summed E-state index contributed by atoms with van der Waals surface area (Å²) in [4.78, 5) is 2.38. The van der Waals surface area contributed by atoms with E-state index in [9.17, 15) is 0 Å². The number of fused-ring (bicyclic) bond motifs is 4. The Morgan fingerprint density at radius 3 is 1.18 bits per heavy atom. The van der Waals surface area contributed by atoms with Gasteiger partial charge in [-0.05, 0) is 127 Å². The maximum Gasteiger partial charge on any atom is 0.0541 e. The lowest BCUT2D eigenvalue weighted by Gasteiger charge is -2.26. The molecule has 0 aliphatic heterocycles. The minimum absolute atomic E-state index is 1.08. The lowest BCUT2D eigenvalue weighted by molar-refractivity contribution is 1.18. The van der Waals surface area contributed by atoms with Gasteiger partial charge in [-0.25, -0.2) is 0 Å². The molecule has 0 saturated heterocycles. The molecule has 0 saturated carbocycles. The minimum Gasteiger partial charge on any atom is -0.310 e. The summed E-state index contributed by atoms with van der Waals surface area (Å²) in [7, 11) is 0. The Bertz CT molecular complexity index is 3590. The van der Waals surface area contributed by atoms with Crippen molar-refractivity contribution in [3.05, 3.63) is 267 Å². The van der Waals surface area contributed by atoms with E-state index in [0.29, 0.717) is 0 Å². The van der Waals surface area contributed by atoms with Crippen molar-refractivity contribution in [2.75, 3.05) is 4.90 Å². The number of aromatic nitrogens is 1. The number of benzene rings is 11. The van der Waals surface area contributed by atoms with Crippen LogP contribution in [0.15, 0.2) is 267 Å². The zero-order chi connectivity index (χ0) is 43.8. The highest BCUT2D eigenvalue weighted by Crippen LogP contribution is 2.42. The van der Waals surface area contributed by atoms with E-state index in [1.54, 1.807) is 0 Å². The van der Waals surface area contributed by atoms with Crippen LogP contribution in [-0.2, 0) is 0 Å². The fraction of sp³-hybridized carbons (Fsp3) is 0. The van der Waals surface area contributed by atoms with Crippen molar-refractivity contribution in [1.82, 2.24) is 4.57 Å². The first-order valence-corrected chi connectivity index (χ1v) is 22.7. The zero-order valence-corrected chi connectivity index (χ0v) is 36.3. The van der Waals surface area contributed by atoms with Crippen molar-refractivity contribution in [2.24, 2.45) is 0 Å². The summed E-state index contributed by atoms with van der Waals surface area (Å²) in [5.41, 5.74) is 18.8. The van der Waals surface area contributed by atoms with E-state index >= 15 is 0 Å². The lowest BCUT2D eigenvalue weighted by atomic mass is 9.91. The van der Waals surface area contributed by atoms with Crippen LogP contribution in [0.4, 0.5) is 17.1 Å². The monoisotopic (exact) mass is 840 g/mol. The lowest BCUT2D eigenvalue weighted by Crippen LogP contribution is -2.10. The SMILES string of the molecule is c1ccc(-c2ccc(-c3ccc(N(c4ccc(-c5ccc(-n6c7ccccc7c7ccccc76)cc5)cc4)c4cccc(-c5cccc6cccc(-c7ccccc7)c56)c4)cc3)cc2)cc1. The molecule has 0 amide bonds. The van der Waals surface area contributed by atoms with Gasteiger partial charge < -0.3 is 9.47 Å². The standard InChI is InChI=1S/C64H44N2/c1-3-14-45(15-4-1)46-28-30-47(31-29-46)48-32-38-54(39-33-48)65(57-21-11-20-53(44-57)59-25-13-19-52-18-12-24-58(64(52)59)51-16-5-2-6-17-51)55-40-34-49(35-41-55)50-36-42-56(43-37-50)66-62-26-9-7-22-60(62)61-23-8-10-27-63(61)66/h1-44H. The zero-order valence-electron chi connectivity index (χ0n) is 36.3. The second-order valence-corrected chi connectivity index (χ2v) is 16.9. The van der Waals surface area contributed by atoms with Crippen molar-refractivity contribution in [3.8, 4) is 61.3 Å². The summed E-state index contributed by atoms with van der Waals surface area (Å²) in [6.45, 7) is 0. The maximum absolute atomic E-state index is 2.38. The van der Waals surface area contributed by atoms with E-state index in [2.05, 4.69) is 276 Å². The maximum atomic E-state index is 2.38. The topological polar surface area (TPSA) is 8.17 Å². The molecule has 12 rings (SSSR count). The van der Waals surface area contributed by atoms with Crippen molar-refractivity contribution in [1.29, 1.82) is 0 Å². The van der Waals surface area contributed by atoms with Crippen LogP contribution in [0.1, 0.15) is 0 Å². The fourth-order valence-corrected chi connectivity index (χ4v) is 9.79. The highest BCUT2D eigenvalue weighted by Gasteiger charge is 2.17. The average Bonchev–Trinajstić information content (AvgIpc) is 3.74. The first kappa shape index (κ1) is 38.9. The Kier molecular flexibility index (Phi) is 9.89. The molecule has 0 unspecified atom stereocenters. The van der Waals surface area contributed by atoms with Crippen LogP contribution in [0, 0.1) is 0 Å². The van der Waals surface area contributed by atoms with Crippen LogP contribution in [0.25, 0.3) is 93.9 Å². The first-order chi connectivity index (χ1) is 32.7. The van der Waals surface area contributed by atoms with Gasteiger partial charge in [0.05, 0.1) is 11.0 Å². The summed E-state index contributed by atoms with van der Waals surface area (Å²) < 4.78 is 2.37. The predicted octanol–water partition coefficient (Wildman–Crippen LogP) is 17.7. The van der Waals surface area contributed by atoms with Gasteiger partial charge in [0, 0.05) is 33.5 Å². The summed E-state index contributed by atoms with van der Waals surface area (Å²) in [6, 6.07) is 96.8. The second kappa shape index (κ2) is 16.8. The summed E-state index contributed by atoms with van der Waals surface area (Å²) in [6.07, 6.45) is 0. The average molecular weight is 841 g/mol. The molecule has 0 aliphatic rings. The molecule has 0 spiro atoms. The highest BCUT2D eigenvalue weighted by molar-refractivity contribution is 6.09. The molecular weight excluding hydrogens is 797 g/mol. The molecule has 0 aliphatic carbocycles. The van der Waals surface area contributed by atoms with Gasteiger partial charge in [-0.2, -0.15) is 0 Å². The number of anilines is 3. The van der Waals surface area contributed by atoms with Gasteiger partial charge >= 0.3 is 0 Å². The van der Waals surface area contributed by atoms with Crippen LogP contribution in [-0.4, -0.2) is 4.57 Å². The number of nitrogens with zero attached hydrogens (tertiary/aromatic N) is 2. The highest BCUT2D eigenvalue weighted by atomic mass is 15.1. The molecule has 12 aromatic rings. The first-order valence-electron chi connectivity index (χ1n) is 22.7. The molecule has 0 radical (unpaired) electrons. The molecule has 2 heteroatoms. The Balaban J connectivity index is 0.921. The largest absolute Gasteiger partial charge is 0.310 e. The van der Waals surface area contributed by atoms with Gasteiger partial charge in [-0.3, -0.25) is 0 Å². The van der Waals surface area contributed by atoms with Gasteiger partial charge in [0.2, 0.25) is 0 Å². The minimum atomic E-state index is 1.08. The van der Waals surface area contributed by atoms with Gasteiger partial charge in [0.15, 0.2) is 0 Å². The molecule has 66 heavy (non-hydrogen) atoms.